The summed E-state index contributed by atoms with van der Waals surface area (Å²) in [7, 11) is -0.382. The highest BCUT2D eigenvalue weighted by Gasteiger charge is 2.52. The van der Waals surface area contributed by atoms with Crippen molar-refractivity contribution in [1.82, 2.24) is 9.78 Å². The Balaban J connectivity index is 1.78. The first-order chi connectivity index (χ1) is 11.8. The average molecular weight is 454 g/mol. The summed E-state index contributed by atoms with van der Waals surface area (Å²) in [5.74, 6) is 0. The summed E-state index contributed by atoms with van der Waals surface area (Å²) in [6, 6.07) is 6.25. The van der Waals surface area contributed by atoms with E-state index in [2.05, 4.69) is 68.5 Å². The van der Waals surface area contributed by atoms with Gasteiger partial charge in [-0.25, -0.2) is 4.68 Å². The first-order valence-electron chi connectivity index (χ1n) is 8.94. The Kier molecular flexibility index (Phi) is 4.42. The van der Waals surface area contributed by atoms with Gasteiger partial charge in [0.15, 0.2) is 6.23 Å². The highest BCUT2D eigenvalue weighted by Crippen LogP contribution is 2.37. The average Bonchev–Trinajstić information content (AvgIpc) is 3.02. The van der Waals surface area contributed by atoms with Crippen molar-refractivity contribution < 1.29 is 14.0 Å². The van der Waals surface area contributed by atoms with E-state index in [0.29, 0.717) is 0 Å². The van der Waals surface area contributed by atoms with E-state index in [0.717, 1.165) is 39.5 Å². The van der Waals surface area contributed by atoms with E-state index >= 15 is 0 Å². The molecule has 0 aliphatic carbocycles. The van der Waals surface area contributed by atoms with Crippen molar-refractivity contribution in [2.45, 2.75) is 64.4 Å². The van der Waals surface area contributed by atoms with Gasteiger partial charge in [-0.1, -0.05) is 12.1 Å². The maximum atomic E-state index is 6.27. The molecular formula is C18H24BIN2O3. The number of hydrogen-bond acceptors (Lipinski definition) is 4. The molecular weight excluding hydrogens is 430 g/mol. The topological polar surface area (TPSA) is 45.5 Å². The van der Waals surface area contributed by atoms with E-state index < -0.39 is 0 Å². The zero-order valence-electron chi connectivity index (χ0n) is 15.2. The first-order valence-corrected chi connectivity index (χ1v) is 10.0. The molecule has 4 rings (SSSR count). The molecule has 7 heteroatoms. The van der Waals surface area contributed by atoms with Gasteiger partial charge in [-0.05, 0) is 81.1 Å². The zero-order chi connectivity index (χ0) is 17.8. The monoisotopic (exact) mass is 454 g/mol. The van der Waals surface area contributed by atoms with Gasteiger partial charge in [-0.3, -0.25) is 0 Å². The van der Waals surface area contributed by atoms with Crippen LogP contribution in [0, 0.1) is 3.70 Å². The Labute approximate surface area is 162 Å². The van der Waals surface area contributed by atoms with Crippen LogP contribution in [0.1, 0.15) is 53.2 Å². The molecule has 2 saturated heterocycles. The summed E-state index contributed by atoms with van der Waals surface area (Å²) >= 11 is 2.31. The molecule has 1 unspecified atom stereocenters. The Bertz CT molecular complexity index is 783. The molecule has 3 heterocycles. The molecule has 2 aliphatic heterocycles. The number of aromatic nitrogens is 2. The van der Waals surface area contributed by atoms with Gasteiger partial charge in [0.2, 0.25) is 0 Å². The van der Waals surface area contributed by atoms with Crippen LogP contribution >= 0.6 is 22.6 Å². The number of halogens is 1. The van der Waals surface area contributed by atoms with Crippen molar-refractivity contribution in [1.29, 1.82) is 0 Å². The van der Waals surface area contributed by atoms with Gasteiger partial charge in [-0.2, -0.15) is 5.10 Å². The van der Waals surface area contributed by atoms with Crippen LogP contribution in [0.3, 0.4) is 0 Å². The van der Waals surface area contributed by atoms with Crippen molar-refractivity contribution in [2.75, 3.05) is 6.61 Å². The molecule has 134 valence electrons. The van der Waals surface area contributed by atoms with E-state index in [9.17, 15) is 0 Å². The second-order valence-corrected chi connectivity index (χ2v) is 8.91. The van der Waals surface area contributed by atoms with E-state index in [1.54, 1.807) is 0 Å². The number of ether oxygens (including phenoxy) is 1. The lowest BCUT2D eigenvalue weighted by Gasteiger charge is -2.32. The molecule has 0 saturated carbocycles. The summed E-state index contributed by atoms with van der Waals surface area (Å²) in [5, 5.41) is 5.89. The maximum absolute atomic E-state index is 6.27. The minimum Gasteiger partial charge on any atom is -0.399 e. The van der Waals surface area contributed by atoms with Gasteiger partial charge in [0.1, 0.15) is 3.70 Å². The summed E-state index contributed by atoms with van der Waals surface area (Å²) in [4.78, 5) is 0. The summed E-state index contributed by atoms with van der Waals surface area (Å²) in [6.07, 6.45) is 3.34. The minimum atomic E-state index is -0.382. The molecule has 1 atom stereocenters. The Morgan fingerprint density at radius 1 is 1.16 bits per heavy atom. The third kappa shape index (κ3) is 2.93. The second-order valence-electron chi connectivity index (χ2n) is 7.89. The lowest BCUT2D eigenvalue weighted by atomic mass is 9.77. The van der Waals surface area contributed by atoms with Crippen molar-refractivity contribution in [3.8, 4) is 0 Å². The van der Waals surface area contributed by atoms with Crippen LogP contribution in [0.15, 0.2) is 18.2 Å². The zero-order valence-corrected chi connectivity index (χ0v) is 17.4. The normalized spacial score (nSPS) is 25.6. The molecule has 0 radical (unpaired) electrons. The molecule has 5 nitrogen and oxygen atoms in total. The van der Waals surface area contributed by atoms with Crippen molar-refractivity contribution >= 4 is 46.1 Å². The number of hydrogen-bond donors (Lipinski definition) is 0. The minimum absolute atomic E-state index is 0.0216. The maximum Gasteiger partial charge on any atom is 0.495 e. The van der Waals surface area contributed by atoms with Crippen molar-refractivity contribution in [2.24, 2.45) is 0 Å². The number of rotatable bonds is 2. The Hall–Kier alpha value is -0.635. The number of nitrogens with zero attached hydrogens (tertiary/aromatic N) is 2. The van der Waals surface area contributed by atoms with Gasteiger partial charge in [0.05, 0.1) is 16.7 Å². The molecule has 0 amide bonds. The van der Waals surface area contributed by atoms with Crippen LogP contribution in [0.2, 0.25) is 0 Å². The van der Waals surface area contributed by atoms with Crippen LogP contribution in [0.25, 0.3) is 10.9 Å². The molecule has 25 heavy (non-hydrogen) atoms. The Morgan fingerprint density at radius 2 is 1.88 bits per heavy atom. The van der Waals surface area contributed by atoms with Crippen molar-refractivity contribution in [3.05, 3.63) is 21.9 Å². The Morgan fingerprint density at radius 3 is 2.52 bits per heavy atom. The predicted octanol–water partition coefficient (Wildman–Crippen LogP) is 3.64. The summed E-state index contributed by atoms with van der Waals surface area (Å²) in [6.45, 7) is 9.13. The summed E-state index contributed by atoms with van der Waals surface area (Å²) < 4.78 is 21.5. The summed E-state index contributed by atoms with van der Waals surface area (Å²) in [5.41, 5.74) is 1.42. The lowest BCUT2D eigenvalue weighted by molar-refractivity contribution is -0.0368. The van der Waals surface area contributed by atoms with E-state index in [1.807, 2.05) is 4.68 Å². The molecule has 2 aromatic rings. The molecule has 0 bridgehead atoms. The van der Waals surface area contributed by atoms with Crippen molar-refractivity contribution in [3.63, 3.8) is 0 Å². The molecule has 2 fully saturated rings. The fourth-order valence-corrected chi connectivity index (χ4v) is 4.29. The molecule has 1 aromatic carbocycles. The van der Waals surface area contributed by atoms with Gasteiger partial charge < -0.3 is 14.0 Å². The van der Waals surface area contributed by atoms with E-state index in [1.165, 1.54) is 6.42 Å². The van der Waals surface area contributed by atoms with Crippen LogP contribution in [-0.2, 0) is 14.0 Å². The molecule has 0 spiro atoms. The third-order valence-electron chi connectivity index (χ3n) is 5.66. The van der Waals surface area contributed by atoms with Crippen LogP contribution in [0.4, 0.5) is 0 Å². The molecule has 1 aromatic heterocycles. The highest BCUT2D eigenvalue weighted by molar-refractivity contribution is 14.1. The third-order valence-corrected chi connectivity index (χ3v) is 6.41. The second kappa shape index (κ2) is 6.21. The molecule has 2 aliphatic rings. The molecule has 0 N–H and O–H groups in total. The van der Waals surface area contributed by atoms with Gasteiger partial charge in [0, 0.05) is 12.0 Å². The highest BCUT2D eigenvalue weighted by atomic mass is 127. The number of fused-ring (bicyclic) bond motifs is 1. The number of benzene rings is 1. The SMILES string of the molecule is CC1(C)OB(c2cccc3c2c(I)nn3C2CCCCO2)OC1(C)C. The largest absolute Gasteiger partial charge is 0.495 e. The quantitative estimate of drug-likeness (QED) is 0.514. The van der Waals surface area contributed by atoms with Crippen LogP contribution < -0.4 is 5.46 Å². The van der Waals surface area contributed by atoms with E-state index in [-0.39, 0.29) is 24.5 Å². The van der Waals surface area contributed by atoms with Gasteiger partial charge in [0.25, 0.3) is 0 Å². The van der Waals surface area contributed by atoms with Gasteiger partial charge in [-0.15, -0.1) is 0 Å². The van der Waals surface area contributed by atoms with E-state index in [4.69, 9.17) is 19.1 Å². The van der Waals surface area contributed by atoms with Crippen LogP contribution in [0.5, 0.6) is 0 Å². The first kappa shape index (κ1) is 17.8. The standard InChI is InChI=1S/C18H24BIN2O3/c1-17(2)18(3,4)25-19(24-17)12-8-7-9-13-15(12)16(20)21-22(13)14-10-5-6-11-23-14/h7-9,14H,5-6,10-11H2,1-4H3. The smallest absolute Gasteiger partial charge is 0.399 e. The fourth-order valence-electron chi connectivity index (χ4n) is 3.47. The van der Waals surface area contributed by atoms with Gasteiger partial charge >= 0.3 is 7.12 Å². The predicted molar refractivity (Wildman–Crippen MR) is 107 cm³/mol. The lowest BCUT2D eigenvalue weighted by Crippen LogP contribution is -2.41. The van der Waals surface area contributed by atoms with Crippen LogP contribution in [-0.4, -0.2) is 34.7 Å². The fraction of sp³-hybridized carbons (Fsp3) is 0.611.